The zero-order valence-corrected chi connectivity index (χ0v) is 10.8. The summed E-state index contributed by atoms with van der Waals surface area (Å²) < 4.78 is 0.912. The van der Waals surface area contributed by atoms with E-state index < -0.39 is 0 Å². The van der Waals surface area contributed by atoms with Crippen LogP contribution in [-0.2, 0) is 0 Å². The van der Waals surface area contributed by atoms with E-state index in [4.69, 9.17) is 12.2 Å². The minimum atomic E-state index is -0.129. The number of nitrogens with two attached hydrogens (primary N) is 1. The average molecular weight is 259 g/mol. The molecule has 0 aromatic carbocycles. The van der Waals surface area contributed by atoms with E-state index in [0.29, 0.717) is 22.6 Å². The minimum Gasteiger partial charge on any atom is -0.396 e. The van der Waals surface area contributed by atoms with Crippen molar-refractivity contribution in [2.45, 2.75) is 6.92 Å². The molecule has 0 atom stereocenters. The lowest BCUT2D eigenvalue weighted by atomic mass is 10.3. The Kier molecular flexibility index (Phi) is 3.49. The first-order chi connectivity index (χ1) is 8.69. The molecule has 0 aliphatic heterocycles. The van der Waals surface area contributed by atoms with Crippen molar-refractivity contribution in [1.29, 1.82) is 0 Å². The number of aromatic nitrogens is 1. The van der Waals surface area contributed by atoms with Gasteiger partial charge in [-0.1, -0.05) is 5.92 Å². The molecule has 0 spiro atoms. The van der Waals surface area contributed by atoms with Gasteiger partial charge in [0.2, 0.25) is 0 Å². The molecular formula is C13H13N3OS. The molecule has 2 heterocycles. The molecule has 92 valence electrons. The molecule has 1 amide bonds. The fourth-order valence-electron chi connectivity index (χ4n) is 1.69. The fourth-order valence-corrected chi connectivity index (χ4v) is 2.74. The number of fused-ring (bicyclic) bond motifs is 1. The molecule has 5 heteroatoms. The number of rotatable bonds is 3. The third-order valence-electron chi connectivity index (χ3n) is 2.63. The summed E-state index contributed by atoms with van der Waals surface area (Å²) in [5.41, 5.74) is 7.10. The van der Waals surface area contributed by atoms with Crippen LogP contribution in [0.1, 0.15) is 16.6 Å². The first-order valence-electron chi connectivity index (χ1n) is 5.54. The van der Waals surface area contributed by atoms with Gasteiger partial charge in [-0.05, 0) is 19.1 Å². The second kappa shape index (κ2) is 5.07. The van der Waals surface area contributed by atoms with Crippen LogP contribution in [0.3, 0.4) is 0 Å². The van der Waals surface area contributed by atoms with Crippen molar-refractivity contribution in [1.82, 2.24) is 9.88 Å². The predicted molar refractivity (Wildman–Crippen MR) is 74.4 cm³/mol. The second-order valence-corrected chi connectivity index (χ2v) is 4.77. The number of amides is 1. The average Bonchev–Trinajstić information content (AvgIpc) is 2.73. The van der Waals surface area contributed by atoms with E-state index in [2.05, 4.69) is 10.9 Å². The summed E-state index contributed by atoms with van der Waals surface area (Å²) in [6.45, 7) is 2.73. The van der Waals surface area contributed by atoms with E-state index >= 15 is 0 Å². The van der Waals surface area contributed by atoms with Crippen molar-refractivity contribution in [3.05, 3.63) is 23.2 Å². The Bertz CT molecular complexity index is 627. The van der Waals surface area contributed by atoms with Gasteiger partial charge < -0.3 is 10.6 Å². The standard InChI is InChI=1S/C13H13N3OS/c1-3-8-16(4-2)13(17)12-10(14)11-9(18-12)6-5-7-15-11/h1,5-7H,4,8,14H2,2H3. The Morgan fingerprint density at radius 2 is 2.44 bits per heavy atom. The molecule has 2 aromatic heterocycles. The molecular weight excluding hydrogens is 246 g/mol. The predicted octanol–water partition coefficient (Wildman–Crippen LogP) is 1.97. The highest BCUT2D eigenvalue weighted by atomic mass is 32.1. The number of pyridine rings is 1. The van der Waals surface area contributed by atoms with Crippen LogP contribution in [0, 0.1) is 12.3 Å². The molecule has 2 rings (SSSR count). The quantitative estimate of drug-likeness (QED) is 0.857. The highest BCUT2D eigenvalue weighted by Crippen LogP contribution is 2.32. The van der Waals surface area contributed by atoms with Crippen molar-refractivity contribution in [2.75, 3.05) is 18.8 Å². The van der Waals surface area contributed by atoms with Gasteiger partial charge in [0.1, 0.15) is 10.4 Å². The largest absolute Gasteiger partial charge is 0.396 e. The minimum absolute atomic E-state index is 0.129. The summed E-state index contributed by atoms with van der Waals surface area (Å²) in [6, 6.07) is 3.73. The number of hydrogen-bond donors (Lipinski definition) is 1. The van der Waals surface area contributed by atoms with Crippen LogP contribution >= 0.6 is 11.3 Å². The van der Waals surface area contributed by atoms with Gasteiger partial charge in [0.15, 0.2) is 0 Å². The SMILES string of the molecule is C#CCN(CC)C(=O)c1sc2cccnc2c1N. The molecule has 18 heavy (non-hydrogen) atoms. The fraction of sp³-hybridized carbons (Fsp3) is 0.231. The molecule has 4 nitrogen and oxygen atoms in total. The van der Waals surface area contributed by atoms with Gasteiger partial charge in [-0.15, -0.1) is 17.8 Å². The number of nitrogens with zero attached hydrogens (tertiary/aromatic N) is 2. The molecule has 2 N–H and O–H groups in total. The zero-order valence-electron chi connectivity index (χ0n) is 10.0. The maximum atomic E-state index is 12.3. The van der Waals surface area contributed by atoms with Crippen LogP contribution in [0.25, 0.3) is 10.2 Å². The van der Waals surface area contributed by atoms with Crippen LogP contribution in [0.15, 0.2) is 18.3 Å². The lowest BCUT2D eigenvalue weighted by molar-refractivity contribution is 0.0790. The van der Waals surface area contributed by atoms with Gasteiger partial charge in [-0.25, -0.2) is 0 Å². The van der Waals surface area contributed by atoms with Crippen LogP contribution < -0.4 is 5.73 Å². The monoisotopic (exact) mass is 259 g/mol. The van der Waals surface area contributed by atoms with Gasteiger partial charge in [0.25, 0.3) is 5.91 Å². The third-order valence-corrected chi connectivity index (χ3v) is 3.78. The lowest BCUT2D eigenvalue weighted by Crippen LogP contribution is -2.30. The van der Waals surface area contributed by atoms with Gasteiger partial charge >= 0.3 is 0 Å². The van der Waals surface area contributed by atoms with E-state index in [1.807, 2.05) is 19.1 Å². The second-order valence-electron chi connectivity index (χ2n) is 3.72. The number of carbonyl (C=O) groups is 1. The number of hydrogen-bond acceptors (Lipinski definition) is 4. The Hall–Kier alpha value is -2.06. The molecule has 0 saturated heterocycles. The number of nitrogen functional groups attached to an aromatic ring is 1. The molecule has 0 radical (unpaired) electrons. The Morgan fingerprint density at radius 1 is 1.67 bits per heavy atom. The molecule has 0 aliphatic carbocycles. The lowest BCUT2D eigenvalue weighted by Gasteiger charge is -2.17. The molecule has 0 bridgehead atoms. The summed E-state index contributed by atoms with van der Waals surface area (Å²) in [5, 5.41) is 0. The van der Waals surface area contributed by atoms with E-state index in [1.165, 1.54) is 11.3 Å². The molecule has 0 fully saturated rings. The van der Waals surface area contributed by atoms with Crippen molar-refractivity contribution >= 4 is 33.1 Å². The summed E-state index contributed by atoms with van der Waals surface area (Å²) in [5.74, 6) is 2.35. The summed E-state index contributed by atoms with van der Waals surface area (Å²) in [4.78, 5) is 18.6. The maximum absolute atomic E-state index is 12.3. The maximum Gasteiger partial charge on any atom is 0.266 e. The van der Waals surface area contributed by atoms with E-state index in [1.54, 1.807) is 11.1 Å². The Morgan fingerprint density at radius 3 is 3.06 bits per heavy atom. The molecule has 0 unspecified atom stereocenters. The first kappa shape index (κ1) is 12.4. The van der Waals surface area contributed by atoms with Gasteiger partial charge in [0.05, 0.1) is 16.9 Å². The summed E-state index contributed by atoms with van der Waals surface area (Å²) in [7, 11) is 0. The molecule has 2 aromatic rings. The highest BCUT2D eigenvalue weighted by molar-refractivity contribution is 7.21. The topological polar surface area (TPSA) is 59.2 Å². The molecule has 0 aliphatic rings. The van der Waals surface area contributed by atoms with Crippen molar-refractivity contribution in [3.8, 4) is 12.3 Å². The number of anilines is 1. The smallest absolute Gasteiger partial charge is 0.266 e. The summed E-state index contributed by atoms with van der Waals surface area (Å²) >= 11 is 1.35. The third kappa shape index (κ3) is 2.03. The van der Waals surface area contributed by atoms with Gasteiger partial charge in [0, 0.05) is 12.7 Å². The van der Waals surface area contributed by atoms with Crippen LogP contribution in [0.5, 0.6) is 0 Å². The zero-order chi connectivity index (χ0) is 13.1. The van der Waals surface area contributed by atoms with E-state index in [-0.39, 0.29) is 12.5 Å². The van der Waals surface area contributed by atoms with E-state index in [0.717, 1.165) is 4.70 Å². The Labute approximate surface area is 109 Å². The van der Waals surface area contributed by atoms with Crippen LogP contribution in [-0.4, -0.2) is 28.9 Å². The number of thiophene rings is 1. The first-order valence-corrected chi connectivity index (χ1v) is 6.36. The number of terminal acetylenes is 1. The Balaban J connectivity index is 2.45. The normalized spacial score (nSPS) is 10.2. The van der Waals surface area contributed by atoms with Crippen LogP contribution in [0.2, 0.25) is 0 Å². The van der Waals surface area contributed by atoms with Crippen LogP contribution in [0.4, 0.5) is 5.69 Å². The van der Waals surface area contributed by atoms with Crippen molar-refractivity contribution < 1.29 is 4.79 Å². The van der Waals surface area contributed by atoms with Gasteiger partial charge in [-0.3, -0.25) is 9.78 Å². The number of carbonyl (C=O) groups excluding carboxylic acids is 1. The van der Waals surface area contributed by atoms with Crippen molar-refractivity contribution in [3.63, 3.8) is 0 Å². The van der Waals surface area contributed by atoms with Crippen molar-refractivity contribution in [2.24, 2.45) is 0 Å². The van der Waals surface area contributed by atoms with Gasteiger partial charge in [-0.2, -0.15) is 0 Å². The summed E-state index contributed by atoms with van der Waals surface area (Å²) in [6.07, 6.45) is 6.92. The van der Waals surface area contributed by atoms with E-state index in [9.17, 15) is 4.79 Å². The molecule has 0 saturated carbocycles. The highest BCUT2D eigenvalue weighted by Gasteiger charge is 2.20.